The number of aliphatic carboxylic acids is 2. The summed E-state index contributed by atoms with van der Waals surface area (Å²) >= 11 is 0. The van der Waals surface area contributed by atoms with Gasteiger partial charge in [-0.2, -0.15) is 0 Å². The molecule has 1 rings (SSSR count). The molecule has 0 spiro atoms. The Morgan fingerprint density at radius 1 is 0.816 bits per heavy atom. The summed E-state index contributed by atoms with van der Waals surface area (Å²) in [5.41, 5.74) is 0. The molecule has 0 aromatic heterocycles. The van der Waals surface area contributed by atoms with Gasteiger partial charge in [0.2, 0.25) is 0 Å². The van der Waals surface area contributed by atoms with Crippen LogP contribution < -0.4 is 10.2 Å². The molecule has 38 heavy (non-hydrogen) atoms. The molecule has 0 bridgehead atoms. The van der Waals surface area contributed by atoms with E-state index in [0.717, 1.165) is 0 Å². The van der Waals surface area contributed by atoms with Crippen LogP contribution in [0.2, 0.25) is 0 Å². The van der Waals surface area contributed by atoms with Crippen LogP contribution in [0.4, 0.5) is 0 Å². The number of carboxylic acid groups (broad SMARTS) is 2. The van der Waals surface area contributed by atoms with E-state index in [2.05, 4.69) is 0 Å². The zero-order valence-corrected chi connectivity index (χ0v) is 21.8. The van der Waals surface area contributed by atoms with Crippen molar-refractivity contribution in [1.29, 1.82) is 0 Å². The molecular weight excluding hydrogens is 560 g/mol. The van der Waals surface area contributed by atoms with Gasteiger partial charge in [0.25, 0.3) is 0 Å². The van der Waals surface area contributed by atoms with E-state index in [4.69, 9.17) is 45.2 Å². The van der Waals surface area contributed by atoms with Crippen molar-refractivity contribution < 1.29 is 95.7 Å². The third kappa shape index (κ3) is 11.2. The van der Waals surface area contributed by atoms with Crippen LogP contribution in [-0.2, 0) is 19.1 Å². The molecule has 0 aliphatic carbocycles. The number of carboxylic acids is 2. The average Bonchev–Trinajstić information content (AvgIpc) is 2.88. The molecule has 0 unspecified atom stereocenters. The molecule has 220 valence electrons. The van der Waals surface area contributed by atoms with Crippen LogP contribution in [0.1, 0.15) is 0 Å². The van der Waals surface area contributed by atoms with Crippen LogP contribution in [-0.4, -0.2) is 215 Å². The maximum atomic E-state index is 10.6. The van der Waals surface area contributed by atoms with E-state index in [-0.39, 0.29) is 37.7 Å². The fourth-order valence-electron chi connectivity index (χ4n) is 2.82. The SMILES string of the molecule is O=C(O)[C@H](O)[C@@H](O)[C@H](O)[C@H](O)C[O-].O=C([O-])[C@H](O)[C@@H](O)[C@H](O[C@@H]1O[C@H](CO)[C@H](O)[C@H](O)[C@H]1O)[C@H](O)CO.[Ca+2]. The van der Waals surface area contributed by atoms with E-state index >= 15 is 0 Å². The summed E-state index contributed by atoms with van der Waals surface area (Å²) in [7, 11) is 0. The topological polar surface area (TPSA) is 362 Å². The number of ether oxygens (including phenoxy) is 2. The molecule has 0 saturated carbocycles. The molecule has 1 aliphatic heterocycles. The minimum absolute atomic E-state index is 0. The van der Waals surface area contributed by atoms with Gasteiger partial charge in [0.1, 0.15) is 61.0 Å². The normalized spacial score (nSPS) is 29.7. The second kappa shape index (κ2) is 18.9. The van der Waals surface area contributed by atoms with Gasteiger partial charge in [0.05, 0.1) is 25.3 Å². The molecule has 13 N–H and O–H groups in total. The van der Waals surface area contributed by atoms with Gasteiger partial charge in [0.15, 0.2) is 12.4 Å². The molecule has 0 aromatic rings. The summed E-state index contributed by atoms with van der Waals surface area (Å²) < 4.78 is 9.94. The molecule has 0 radical (unpaired) electrons. The third-order valence-corrected chi connectivity index (χ3v) is 5.10. The molecule has 0 aromatic carbocycles. The first kappa shape index (κ1) is 39.7. The monoisotopic (exact) mass is 592 g/mol. The summed E-state index contributed by atoms with van der Waals surface area (Å²) in [5, 5.41) is 140. The minimum Gasteiger partial charge on any atom is -0.853 e. The Morgan fingerprint density at radius 3 is 1.74 bits per heavy atom. The number of aliphatic hydroxyl groups excluding tert-OH is 12. The van der Waals surface area contributed by atoms with Crippen molar-refractivity contribution in [1.82, 2.24) is 0 Å². The van der Waals surface area contributed by atoms with E-state index in [0.29, 0.717) is 0 Å². The summed E-state index contributed by atoms with van der Waals surface area (Å²) in [4.78, 5) is 20.7. The van der Waals surface area contributed by atoms with Crippen molar-refractivity contribution in [3.8, 4) is 0 Å². The predicted octanol–water partition coefficient (Wildman–Crippen LogP) is -11.5. The summed E-state index contributed by atoms with van der Waals surface area (Å²) in [6.07, 6.45) is -25.3. The van der Waals surface area contributed by atoms with Crippen molar-refractivity contribution in [2.75, 3.05) is 19.8 Å². The second-order valence-electron chi connectivity index (χ2n) is 7.80. The first-order valence-corrected chi connectivity index (χ1v) is 10.4. The third-order valence-electron chi connectivity index (χ3n) is 5.10. The Balaban J connectivity index is 0. The standard InChI is InChI=1S/C12H22O12.C6H11O7.Ca/c13-1-3(15)10(7(18)8(19)11(21)22)24-12-9(20)6(17)5(16)4(2-14)23-12;7-1-2(8)3(9)4(10)5(11)6(12)13;/h3-10,12-20H,1-2H2,(H,21,22);2-5,8-11H,1H2,(H,12,13);/q;-1;+2/p-1/t3-,4-,5+,6+,7-,8-,9-,10-,12+;2-,3-,4+,5-;/m11./s1. The minimum atomic E-state index is -2.50. The smallest absolute Gasteiger partial charge is 0.853 e. The number of hydrogen-bond donors (Lipinski definition) is 13. The average molecular weight is 593 g/mol. The van der Waals surface area contributed by atoms with E-state index in [1.165, 1.54) is 0 Å². The van der Waals surface area contributed by atoms with Crippen LogP contribution in [0, 0.1) is 0 Å². The number of carbonyl (C=O) groups excluding carboxylic acids is 1. The number of rotatable bonds is 13. The van der Waals surface area contributed by atoms with Gasteiger partial charge < -0.3 is 90.9 Å². The second-order valence-corrected chi connectivity index (χ2v) is 7.80. The van der Waals surface area contributed by atoms with Gasteiger partial charge in [0, 0.05) is 0 Å². The van der Waals surface area contributed by atoms with E-state index in [9.17, 15) is 50.4 Å². The first-order valence-electron chi connectivity index (χ1n) is 10.4. The fourth-order valence-corrected chi connectivity index (χ4v) is 2.82. The van der Waals surface area contributed by atoms with E-state index in [1.54, 1.807) is 0 Å². The maximum absolute atomic E-state index is 10.6. The molecule has 13 atom stereocenters. The Morgan fingerprint density at radius 2 is 1.34 bits per heavy atom. The van der Waals surface area contributed by atoms with Gasteiger partial charge in [-0.15, -0.1) is 6.61 Å². The van der Waals surface area contributed by atoms with Gasteiger partial charge in [-0.25, -0.2) is 4.79 Å². The predicted molar refractivity (Wildman–Crippen MR) is 111 cm³/mol. The largest absolute Gasteiger partial charge is 2.00 e. The van der Waals surface area contributed by atoms with Crippen molar-refractivity contribution >= 4 is 49.7 Å². The fraction of sp³-hybridized carbons (Fsp3) is 0.889. The van der Waals surface area contributed by atoms with Crippen LogP contribution >= 0.6 is 0 Å². The summed E-state index contributed by atoms with van der Waals surface area (Å²) in [6.45, 7) is -2.88. The molecule has 0 amide bonds. The molecular formula is C18H32CaO19. The van der Waals surface area contributed by atoms with Gasteiger partial charge >= 0.3 is 43.7 Å². The molecule has 1 heterocycles. The molecule has 19 nitrogen and oxygen atoms in total. The molecule has 1 saturated heterocycles. The van der Waals surface area contributed by atoms with Crippen molar-refractivity contribution in [2.45, 2.75) is 79.5 Å². The van der Waals surface area contributed by atoms with Gasteiger partial charge in [-0.05, 0) is 0 Å². The van der Waals surface area contributed by atoms with Crippen LogP contribution in [0.15, 0.2) is 0 Å². The Bertz CT molecular complexity index is 684. The Kier molecular flexibility index (Phi) is 19.7. The number of carbonyl (C=O) groups is 2. The van der Waals surface area contributed by atoms with Gasteiger partial charge in [-0.3, -0.25) is 0 Å². The summed E-state index contributed by atoms with van der Waals surface area (Å²) in [6, 6.07) is 0. The molecule has 1 aliphatic rings. The molecule has 1 fully saturated rings. The van der Waals surface area contributed by atoms with Crippen LogP contribution in [0.25, 0.3) is 0 Å². The quantitative estimate of drug-likeness (QED) is 0.0882. The summed E-state index contributed by atoms with van der Waals surface area (Å²) in [5.74, 6) is -3.83. The van der Waals surface area contributed by atoms with E-state index in [1.807, 2.05) is 0 Å². The zero-order valence-electron chi connectivity index (χ0n) is 19.6. The van der Waals surface area contributed by atoms with Crippen molar-refractivity contribution in [3.05, 3.63) is 0 Å². The van der Waals surface area contributed by atoms with E-state index < -0.39 is 111 Å². The van der Waals surface area contributed by atoms with Crippen LogP contribution in [0.5, 0.6) is 0 Å². The zero-order chi connectivity index (χ0) is 29.2. The maximum Gasteiger partial charge on any atom is 2.00 e. The Labute approximate surface area is 244 Å². The number of hydrogen-bond acceptors (Lipinski definition) is 18. The number of aliphatic hydroxyl groups is 12. The van der Waals surface area contributed by atoms with Crippen molar-refractivity contribution in [2.24, 2.45) is 0 Å². The first-order chi connectivity index (χ1) is 17.1. The Hall–Kier alpha value is -0.400. The molecule has 20 heteroatoms. The van der Waals surface area contributed by atoms with Crippen molar-refractivity contribution in [3.63, 3.8) is 0 Å². The van der Waals surface area contributed by atoms with Crippen LogP contribution in [0.3, 0.4) is 0 Å². The van der Waals surface area contributed by atoms with Gasteiger partial charge in [-0.1, -0.05) is 0 Å².